The van der Waals surface area contributed by atoms with Crippen LogP contribution in [0.4, 0.5) is 4.39 Å². The van der Waals surface area contributed by atoms with Crippen LogP contribution in [0.2, 0.25) is 0 Å². The summed E-state index contributed by atoms with van der Waals surface area (Å²) in [5.74, 6) is -0.0454. The second-order valence-electron chi connectivity index (χ2n) is 7.32. The van der Waals surface area contributed by atoms with Gasteiger partial charge in [-0.1, -0.05) is 12.1 Å². The SMILES string of the molecule is Cc1ccc(-c2cc(C)c(OCc3c(C)cccc3-n3nnn(C)c3=O)cc2F)nn1. The molecule has 2 aromatic heterocycles. The largest absolute Gasteiger partial charge is 0.488 e. The minimum absolute atomic E-state index is 0.134. The topological polar surface area (TPSA) is 87.7 Å². The van der Waals surface area contributed by atoms with Crippen LogP contribution in [0.15, 0.2) is 47.3 Å². The van der Waals surface area contributed by atoms with Crippen LogP contribution < -0.4 is 10.4 Å². The molecule has 0 bridgehead atoms. The van der Waals surface area contributed by atoms with Crippen molar-refractivity contribution in [1.82, 2.24) is 30.0 Å². The summed E-state index contributed by atoms with van der Waals surface area (Å²) in [4.78, 5) is 12.3. The number of ether oxygens (including phenoxy) is 1. The zero-order valence-corrected chi connectivity index (χ0v) is 17.6. The number of hydrogen-bond donors (Lipinski definition) is 0. The van der Waals surface area contributed by atoms with E-state index in [-0.39, 0.29) is 12.3 Å². The highest BCUT2D eigenvalue weighted by Gasteiger charge is 2.16. The van der Waals surface area contributed by atoms with Crippen LogP contribution in [0, 0.1) is 26.6 Å². The predicted molar refractivity (Wildman–Crippen MR) is 113 cm³/mol. The number of nitrogens with zero attached hydrogens (tertiary/aromatic N) is 6. The lowest BCUT2D eigenvalue weighted by molar-refractivity contribution is 0.301. The zero-order valence-electron chi connectivity index (χ0n) is 17.6. The summed E-state index contributed by atoms with van der Waals surface area (Å²) in [6.07, 6.45) is 0. The van der Waals surface area contributed by atoms with E-state index in [4.69, 9.17) is 4.74 Å². The number of halogens is 1. The van der Waals surface area contributed by atoms with Crippen molar-refractivity contribution in [2.45, 2.75) is 27.4 Å². The van der Waals surface area contributed by atoms with Gasteiger partial charge >= 0.3 is 5.69 Å². The molecule has 0 atom stereocenters. The van der Waals surface area contributed by atoms with Crippen molar-refractivity contribution >= 4 is 0 Å². The highest BCUT2D eigenvalue weighted by Crippen LogP contribution is 2.29. The Kier molecular flexibility index (Phi) is 5.33. The molecule has 0 saturated carbocycles. The predicted octanol–water partition coefficient (Wildman–Crippen LogP) is 3.07. The highest BCUT2D eigenvalue weighted by molar-refractivity contribution is 5.62. The first-order valence-electron chi connectivity index (χ1n) is 9.66. The fourth-order valence-electron chi connectivity index (χ4n) is 3.25. The molecule has 4 aromatic rings. The molecule has 0 aliphatic heterocycles. The third-order valence-corrected chi connectivity index (χ3v) is 5.05. The van der Waals surface area contributed by atoms with Crippen molar-refractivity contribution in [2.75, 3.05) is 0 Å². The summed E-state index contributed by atoms with van der Waals surface area (Å²) < 4.78 is 23.1. The van der Waals surface area contributed by atoms with Gasteiger partial charge in [0.05, 0.1) is 17.1 Å². The van der Waals surface area contributed by atoms with Gasteiger partial charge in [0, 0.05) is 24.2 Å². The molecule has 0 radical (unpaired) electrons. The lowest BCUT2D eigenvalue weighted by Gasteiger charge is -2.15. The number of tetrazole rings is 1. The average Bonchev–Trinajstić information content (AvgIpc) is 3.08. The molecule has 0 aliphatic carbocycles. The Balaban J connectivity index is 1.65. The molecule has 2 aromatic carbocycles. The summed E-state index contributed by atoms with van der Waals surface area (Å²) in [7, 11) is 1.53. The standard InChI is InChI=1S/C22H21FN6O2/c1-13-6-5-7-20(29-22(30)28(4)26-27-29)17(13)12-31-21-11-18(23)16(10-14(21)2)19-9-8-15(3)24-25-19/h5-11H,12H2,1-4H3. The molecular weight excluding hydrogens is 399 g/mol. The van der Waals surface area contributed by atoms with E-state index >= 15 is 0 Å². The van der Waals surface area contributed by atoms with E-state index in [0.717, 1.165) is 27.1 Å². The van der Waals surface area contributed by atoms with E-state index in [0.29, 0.717) is 22.7 Å². The van der Waals surface area contributed by atoms with E-state index in [1.165, 1.54) is 17.8 Å². The summed E-state index contributed by atoms with van der Waals surface area (Å²) in [6.45, 7) is 5.71. The summed E-state index contributed by atoms with van der Waals surface area (Å²) in [5.41, 5.74) is 4.22. The molecule has 0 aliphatic rings. The van der Waals surface area contributed by atoms with Crippen molar-refractivity contribution in [3.05, 3.63) is 81.2 Å². The van der Waals surface area contributed by atoms with Gasteiger partial charge in [0.1, 0.15) is 18.2 Å². The van der Waals surface area contributed by atoms with Gasteiger partial charge in [-0.25, -0.2) is 9.18 Å². The first-order valence-corrected chi connectivity index (χ1v) is 9.66. The fraction of sp³-hybridized carbons (Fsp3) is 0.227. The molecule has 2 heterocycles. The molecule has 0 unspecified atom stereocenters. The quantitative estimate of drug-likeness (QED) is 0.493. The van der Waals surface area contributed by atoms with Crippen molar-refractivity contribution < 1.29 is 9.13 Å². The van der Waals surface area contributed by atoms with Gasteiger partial charge in [-0.2, -0.15) is 19.6 Å². The van der Waals surface area contributed by atoms with E-state index < -0.39 is 5.82 Å². The first-order chi connectivity index (χ1) is 14.8. The van der Waals surface area contributed by atoms with Crippen LogP contribution in [-0.4, -0.2) is 30.0 Å². The third-order valence-electron chi connectivity index (χ3n) is 5.05. The molecule has 8 nitrogen and oxygen atoms in total. The van der Waals surface area contributed by atoms with Crippen LogP contribution >= 0.6 is 0 Å². The lowest BCUT2D eigenvalue weighted by atomic mass is 10.1. The van der Waals surface area contributed by atoms with Gasteiger partial charge in [-0.3, -0.25) is 0 Å². The highest BCUT2D eigenvalue weighted by atomic mass is 19.1. The Morgan fingerprint density at radius 1 is 1.00 bits per heavy atom. The Bertz CT molecular complexity index is 1310. The van der Waals surface area contributed by atoms with Crippen LogP contribution in [0.5, 0.6) is 5.75 Å². The Morgan fingerprint density at radius 3 is 2.48 bits per heavy atom. The van der Waals surface area contributed by atoms with Crippen LogP contribution in [0.1, 0.15) is 22.4 Å². The average molecular weight is 420 g/mol. The van der Waals surface area contributed by atoms with Crippen molar-refractivity contribution in [3.8, 4) is 22.7 Å². The molecule has 0 amide bonds. The first kappa shape index (κ1) is 20.4. The second-order valence-corrected chi connectivity index (χ2v) is 7.32. The van der Waals surface area contributed by atoms with Gasteiger partial charge in [-0.05, 0) is 66.6 Å². The molecule has 0 fully saturated rings. The number of rotatable bonds is 5. The third kappa shape index (κ3) is 3.94. The van der Waals surface area contributed by atoms with Gasteiger partial charge in [0.2, 0.25) is 0 Å². The molecule has 0 saturated heterocycles. The summed E-state index contributed by atoms with van der Waals surface area (Å²) in [6, 6.07) is 12.1. The molecule has 0 spiro atoms. The zero-order chi connectivity index (χ0) is 22.1. The number of hydrogen-bond acceptors (Lipinski definition) is 6. The summed E-state index contributed by atoms with van der Waals surface area (Å²) >= 11 is 0. The van der Waals surface area contributed by atoms with Gasteiger partial charge in [0.25, 0.3) is 0 Å². The van der Waals surface area contributed by atoms with Crippen LogP contribution in [0.25, 0.3) is 16.9 Å². The monoisotopic (exact) mass is 420 g/mol. The molecule has 9 heteroatoms. The summed E-state index contributed by atoms with van der Waals surface area (Å²) in [5, 5.41) is 15.7. The number of benzene rings is 2. The Hall–Kier alpha value is -3.88. The lowest BCUT2D eigenvalue weighted by Crippen LogP contribution is -2.23. The van der Waals surface area contributed by atoms with Gasteiger partial charge < -0.3 is 4.74 Å². The fourth-order valence-corrected chi connectivity index (χ4v) is 3.25. The molecule has 4 rings (SSSR count). The molecule has 158 valence electrons. The smallest absolute Gasteiger partial charge is 0.368 e. The molecule has 0 N–H and O–H groups in total. The van der Waals surface area contributed by atoms with E-state index in [2.05, 4.69) is 20.6 Å². The minimum Gasteiger partial charge on any atom is -0.488 e. The van der Waals surface area contributed by atoms with Crippen molar-refractivity contribution in [1.29, 1.82) is 0 Å². The molecule has 31 heavy (non-hydrogen) atoms. The van der Waals surface area contributed by atoms with E-state index in [9.17, 15) is 9.18 Å². The maximum atomic E-state index is 14.8. The second kappa shape index (κ2) is 8.10. The molecular formula is C22H21FN6O2. The minimum atomic E-state index is -0.450. The van der Waals surface area contributed by atoms with Gasteiger partial charge in [0.15, 0.2) is 0 Å². The van der Waals surface area contributed by atoms with Gasteiger partial charge in [-0.15, -0.1) is 0 Å². The van der Waals surface area contributed by atoms with Crippen molar-refractivity contribution in [2.24, 2.45) is 7.05 Å². The maximum absolute atomic E-state index is 14.8. The van der Waals surface area contributed by atoms with E-state index in [1.807, 2.05) is 32.9 Å². The number of aromatic nitrogens is 6. The Labute approximate surface area is 177 Å². The van der Waals surface area contributed by atoms with Crippen molar-refractivity contribution in [3.63, 3.8) is 0 Å². The van der Waals surface area contributed by atoms with Crippen LogP contribution in [-0.2, 0) is 13.7 Å². The van der Waals surface area contributed by atoms with Crippen LogP contribution in [0.3, 0.4) is 0 Å². The maximum Gasteiger partial charge on any atom is 0.368 e. The van der Waals surface area contributed by atoms with E-state index in [1.54, 1.807) is 24.3 Å². The Morgan fingerprint density at radius 2 is 1.81 bits per heavy atom. The normalized spacial score (nSPS) is 11.0. The number of aryl methyl sites for hydroxylation is 4.